The van der Waals surface area contributed by atoms with Crippen LogP contribution < -0.4 is 17.2 Å². The molecule has 0 atom stereocenters. The van der Waals surface area contributed by atoms with E-state index in [1.807, 2.05) is 22.6 Å². The zero-order valence-electron chi connectivity index (χ0n) is 26.6. The minimum absolute atomic E-state index is 0.144. The fraction of sp³-hybridized carbons (Fsp3) is 0.161. The Kier molecular flexibility index (Phi) is 11.7. The average Bonchev–Trinajstić information content (AvgIpc) is 3.64. The fourth-order valence-electron chi connectivity index (χ4n) is 4.41. The second kappa shape index (κ2) is 15.9. The Bertz CT molecular complexity index is 2130. The molecule has 0 aliphatic rings. The number of carbonyl (C=O) groups excluding carboxylic acids is 2. The van der Waals surface area contributed by atoms with Crippen LogP contribution in [-0.2, 0) is 20.5 Å². The number of hydrogen-bond acceptors (Lipinski definition) is 12. The summed E-state index contributed by atoms with van der Waals surface area (Å²) in [6.07, 6.45) is 8.36. The van der Waals surface area contributed by atoms with Crippen molar-refractivity contribution in [3.63, 3.8) is 0 Å². The van der Waals surface area contributed by atoms with Gasteiger partial charge in [-0.15, -0.1) is 0 Å². The van der Waals surface area contributed by atoms with Crippen LogP contribution in [0.4, 0.5) is 20.4 Å². The van der Waals surface area contributed by atoms with Crippen molar-refractivity contribution in [1.82, 2.24) is 49.5 Å². The normalized spacial score (nSPS) is 10.4. The quantitative estimate of drug-likeness (QED) is 0.163. The number of hydrogen-bond donors (Lipinski definition) is 3. The molecular weight excluding hydrogens is 751 g/mol. The number of aromatic nitrogens is 10. The van der Waals surface area contributed by atoms with E-state index >= 15 is 0 Å². The molecule has 252 valence electrons. The molecule has 0 radical (unpaired) electrons. The molecular formula is C31H30F2IN13O2. The molecule has 6 aromatic rings. The topological polar surface area (TPSA) is 225 Å². The zero-order valence-corrected chi connectivity index (χ0v) is 28.8. The summed E-state index contributed by atoms with van der Waals surface area (Å²) >= 11 is 1.85. The van der Waals surface area contributed by atoms with Gasteiger partial charge >= 0.3 is 0 Å². The Morgan fingerprint density at radius 3 is 1.73 bits per heavy atom. The van der Waals surface area contributed by atoms with Gasteiger partial charge in [0, 0.05) is 44.0 Å². The lowest BCUT2D eigenvalue weighted by atomic mass is 10.0. The summed E-state index contributed by atoms with van der Waals surface area (Å²) in [5, 5.41) is 8.13. The number of pyridine rings is 2. The number of halogens is 3. The molecule has 6 N–H and O–H groups in total. The maximum absolute atomic E-state index is 13.8. The van der Waals surface area contributed by atoms with Gasteiger partial charge in [-0.1, -0.05) is 0 Å². The number of amides is 1. The first kappa shape index (κ1) is 36.1. The van der Waals surface area contributed by atoms with E-state index in [1.54, 1.807) is 64.9 Å². The Hall–Kier alpha value is -5.79. The molecule has 0 bridgehead atoms. The number of rotatable bonds is 6. The van der Waals surface area contributed by atoms with Crippen molar-refractivity contribution in [1.29, 1.82) is 0 Å². The number of nitrogens with zero attached hydrogens (tertiary/aromatic N) is 10. The van der Waals surface area contributed by atoms with Crippen molar-refractivity contribution < 1.29 is 18.4 Å². The Morgan fingerprint density at radius 2 is 1.24 bits per heavy atom. The number of carbonyl (C=O) groups is 2. The predicted molar refractivity (Wildman–Crippen MR) is 184 cm³/mol. The van der Waals surface area contributed by atoms with Crippen molar-refractivity contribution in [2.45, 2.75) is 20.3 Å². The first-order chi connectivity index (χ1) is 23.2. The Labute approximate surface area is 292 Å². The van der Waals surface area contributed by atoms with Gasteiger partial charge in [-0.05, 0) is 60.7 Å². The van der Waals surface area contributed by atoms with Crippen molar-refractivity contribution in [3.05, 3.63) is 105 Å². The summed E-state index contributed by atoms with van der Waals surface area (Å²) in [5.41, 5.74) is 19.4. The summed E-state index contributed by atoms with van der Waals surface area (Å²) in [7, 11) is 3.32. The number of aryl methyl sites for hydroxylation is 4. The molecule has 18 heteroatoms. The summed E-state index contributed by atoms with van der Waals surface area (Å²) in [6.45, 7) is 3.54. The van der Waals surface area contributed by atoms with Crippen LogP contribution in [0.5, 0.6) is 0 Å². The molecule has 0 aromatic carbocycles. The summed E-state index contributed by atoms with van der Waals surface area (Å²) in [4.78, 5) is 47.8. The van der Waals surface area contributed by atoms with Crippen LogP contribution in [0.2, 0.25) is 0 Å². The van der Waals surface area contributed by atoms with Crippen LogP contribution in [0, 0.1) is 29.1 Å². The number of ketones is 1. The van der Waals surface area contributed by atoms with Gasteiger partial charge in [0.25, 0.3) is 5.91 Å². The Morgan fingerprint density at radius 1 is 0.755 bits per heavy atom. The average molecular weight is 782 g/mol. The highest BCUT2D eigenvalue weighted by molar-refractivity contribution is 14.1. The third-order valence-electron chi connectivity index (χ3n) is 6.62. The number of primary amides is 1. The van der Waals surface area contributed by atoms with Gasteiger partial charge in [0.1, 0.15) is 40.5 Å². The van der Waals surface area contributed by atoms with Gasteiger partial charge in [0.05, 0.1) is 45.3 Å². The number of anilines is 2. The summed E-state index contributed by atoms with van der Waals surface area (Å²) in [6, 6.07) is 6.26. The predicted octanol–water partition coefficient (Wildman–Crippen LogP) is 3.42. The molecule has 0 aliphatic carbocycles. The summed E-state index contributed by atoms with van der Waals surface area (Å²) < 4.78 is 29.6. The third kappa shape index (κ3) is 9.18. The molecule has 0 spiro atoms. The summed E-state index contributed by atoms with van der Waals surface area (Å²) in [5.74, 6) is 0.0251. The van der Waals surface area contributed by atoms with Gasteiger partial charge < -0.3 is 17.2 Å². The van der Waals surface area contributed by atoms with Crippen LogP contribution in [0.3, 0.4) is 0 Å². The van der Waals surface area contributed by atoms with Crippen molar-refractivity contribution in [2.24, 2.45) is 19.8 Å². The van der Waals surface area contributed by atoms with Gasteiger partial charge in [0.15, 0.2) is 11.6 Å². The van der Waals surface area contributed by atoms with Crippen LogP contribution >= 0.6 is 22.6 Å². The van der Waals surface area contributed by atoms with E-state index in [0.29, 0.717) is 54.9 Å². The van der Waals surface area contributed by atoms with E-state index in [9.17, 15) is 18.4 Å². The molecule has 0 unspecified atom stereocenters. The molecule has 0 fully saturated rings. The molecule has 1 amide bonds. The first-order valence-corrected chi connectivity index (χ1v) is 15.3. The zero-order chi connectivity index (χ0) is 35.8. The van der Waals surface area contributed by atoms with E-state index in [0.717, 1.165) is 12.4 Å². The van der Waals surface area contributed by atoms with Crippen molar-refractivity contribution in [2.75, 3.05) is 11.5 Å². The molecule has 6 aromatic heterocycles. The standard InChI is InChI=1S/C16H15FN6O.C10H11N5O.C5H4FIN2/c1-9-19-4-3-13(22-9)11-7-21-23(2)16(11)14(24)5-10-6-15(18)20-8-12(10)17;1-6-12-4-3-8(14-6)7-5-13-15(2)9(7)10(11)16;6-3-2-9-5(8)1-4(3)7/h3-4,6-8H,5H2,1-2H3,(H2,18,20);3-5H,1-2H3,(H2,11,16);1-2H,(H2,8,9). The molecule has 0 saturated carbocycles. The van der Waals surface area contributed by atoms with Crippen LogP contribution in [0.25, 0.3) is 22.5 Å². The second-order valence-electron chi connectivity index (χ2n) is 10.2. The number of nitrogen functional groups attached to an aromatic ring is 2. The third-order valence-corrected chi connectivity index (χ3v) is 7.44. The van der Waals surface area contributed by atoms with Gasteiger partial charge in [-0.2, -0.15) is 10.2 Å². The van der Waals surface area contributed by atoms with E-state index in [4.69, 9.17) is 17.2 Å². The molecule has 6 rings (SSSR count). The number of Topliss-reactive ketones (excluding diaryl/α,β-unsaturated/α-hetero) is 1. The monoisotopic (exact) mass is 781 g/mol. The van der Waals surface area contributed by atoms with Gasteiger partial charge in [0.2, 0.25) is 0 Å². The SMILES string of the molecule is Cc1nccc(-c2cnn(C)c2C(=O)Cc2cc(N)ncc2F)n1.Cc1nccc(-c2cnn(C)c2C(N)=O)n1.Nc1cc(I)c(F)cn1. The molecule has 0 aliphatic heterocycles. The highest BCUT2D eigenvalue weighted by Crippen LogP contribution is 2.24. The van der Waals surface area contributed by atoms with Crippen molar-refractivity contribution in [3.8, 4) is 22.5 Å². The van der Waals surface area contributed by atoms with E-state index in [-0.39, 0.29) is 29.4 Å². The first-order valence-electron chi connectivity index (χ1n) is 14.2. The maximum atomic E-state index is 13.8. The number of nitrogens with two attached hydrogens (primary N) is 3. The minimum atomic E-state index is -0.570. The lowest BCUT2D eigenvalue weighted by Gasteiger charge is -2.07. The minimum Gasteiger partial charge on any atom is -0.384 e. The lowest BCUT2D eigenvalue weighted by molar-refractivity contribution is 0.0978. The smallest absolute Gasteiger partial charge is 0.267 e. The molecule has 0 saturated heterocycles. The van der Waals surface area contributed by atoms with E-state index in [1.165, 1.54) is 21.5 Å². The van der Waals surface area contributed by atoms with Crippen LogP contribution in [0.1, 0.15) is 38.2 Å². The highest BCUT2D eigenvalue weighted by Gasteiger charge is 2.21. The van der Waals surface area contributed by atoms with E-state index in [2.05, 4.69) is 40.1 Å². The van der Waals surface area contributed by atoms with Crippen LogP contribution in [-0.4, -0.2) is 61.2 Å². The fourth-order valence-corrected chi connectivity index (χ4v) is 4.86. The Balaban J connectivity index is 0.000000185. The lowest BCUT2D eigenvalue weighted by Crippen LogP contribution is -2.17. The highest BCUT2D eigenvalue weighted by atomic mass is 127. The molecule has 15 nitrogen and oxygen atoms in total. The van der Waals surface area contributed by atoms with Crippen LogP contribution in [0.15, 0.2) is 61.4 Å². The molecule has 49 heavy (non-hydrogen) atoms. The van der Waals surface area contributed by atoms with Gasteiger partial charge in [-0.25, -0.2) is 38.7 Å². The van der Waals surface area contributed by atoms with Gasteiger partial charge in [-0.3, -0.25) is 19.0 Å². The van der Waals surface area contributed by atoms with Crippen molar-refractivity contribution >= 4 is 45.9 Å². The maximum Gasteiger partial charge on any atom is 0.267 e. The largest absolute Gasteiger partial charge is 0.384 e. The molecule has 6 heterocycles. The van der Waals surface area contributed by atoms with E-state index < -0.39 is 11.7 Å². The second-order valence-corrected chi connectivity index (χ2v) is 11.4.